The average molecular weight is 437 g/mol. The zero-order valence-electron chi connectivity index (χ0n) is 18.4. The number of allylic oxidation sites excluding steroid dienone is 1. The molecule has 1 amide bonds. The van der Waals surface area contributed by atoms with Crippen molar-refractivity contribution in [3.63, 3.8) is 0 Å². The lowest BCUT2D eigenvalue weighted by Crippen LogP contribution is -2.47. The molecule has 7 nitrogen and oxygen atoms in total. The van der Waals surface area contributed by atoms with Crippen LogP contribution in [-0.4, -0.2) is 73.7 Å². The molecule has 0 bridgehead atoms. The van der Waals surface area contributed by atoms with Crippen molar-refractivity contribution in [2.75, 3.05) is 32.7 Å². The summed E-state index contributed by atoms with van der Waals surface area (Å²) in [4.78, 5) is 24.3. The monoisotopic (exact) mass is 436 g/mol. The Hall–Kier alpha value is -2.50. The first-order chi connectivity index (χ1) is 15.0. The van der Waals surface area contributed by atoms with Crippen LogP contribution < -0.4 is 0 Å². The van der Waals surface area contributed by atoms with Crippen LogP contribution in [-0.2, 0) is 4.79 Å². The van der Waals surface area contributed by atoms with Crippen molar-refractivity contribution in [2.45, 2.75) is 33.0 Å². The molecule has 1 fully saturated rings. The zero-order chi connectivity index (χ0) is 21.5. The molecule has 1 saturated heterocycles. The molecule has 2 unspecified atom stereocenters. The van der Waals surface area contributed by atoms with E-state index in [1.54, 1.807) is 6.08 Å². The molecule has 5 heterocycles. The molecule has 2 aromatic rings. The lowest BCUT2D eigenvalue weighted by molar-refractivity contribution is -0.123. The largest absolute Gasteiger partial charge is 0.368 e. The molecule has 0 radical (unpaired) electrons. The van der Waals surface area contributed by atoms with Gasteiger partial charge in [0.1, 0.15) is 0 Å². The Balaban J connectivity index is 1.35. The first kappa shape index (κ1) is 20.4. The Morgan fingerprint density at radius 1 is 1.19 bits per heavy atom. The van der Waals surface area contributed by atoms with Gasteiger partial charge in [0.05, 0.1) is 40.3 Å². The molecule has 0 aromatic carbocycles. The molecule has 31 heavy (non-hydrogen) atoms. The fourth-order valence-corrected chi connectivity index (χ4v) is 5.90. The van der Waals surface area contributed by atoms with Crippen molar-refractivity contribution in [1.29, 1.82) is 0 Å². The molecule has 3 aliphatic heterocycles. The fraction of sp³-hybridized carbons (Fsp3) is 0.435. The Bertz CT molecular complexity index is 1110. The lowest BCUT2D eigenvalue weighted by atomic mass is 10.2. The van der Waals surface area contributed by atoms with Crippen LogP contribution in [0, 0.1) is 13.8 Å². The Labute approximate surface area is 184 Å². The highest BCUT2D eigenvalue weighted by Crippen LogP contribution is 2.44. The van der Waals surface area contributed by atoms with Crippen molar-refractivity contribution in [3.8, 4) is 0 Å². The number of amides is 1. The predicted molar refractivity (Wildman–Crippen MR) is 125 cm³/mol. The quantitative estimate of drug-likeness (QED) is 0.690. The summed E-state index contributed by atoms with van der Waals surface area (Å²) in [6.07, 6.45) is 11.3. The second-order valence-corrected chi connectivity index (χ2v) is 9.88. The third kappa shape index (κ3) is 3.92. The molecule has 0 N–H and O–H groups in total. The van der Waals surface area contributed by atoms with Gasteiger partial charge < -0.3 is 9.80 Å². The summed E-state index contributed by atoms with van der Waals surface area (Å²) in [7, 11) is 0.471. The predicted octanol–water partition coefficient (Wildman–Crippen LogP) is 2.97. The summed E-state index contributed by atoms with van der Waals surface area (Å²) in [5.74, 6) is 0.108. The van der Waals surface area contributed by atoms with E-state index in [-0.39, 0.29) is 11.7 Å². The molecule has 5 rings (SSSR count). The Morgan fingerprint density at radius 2 is 2.00 bits per heavy atom. The minimum Gasteiger partial charge on any atom is -0.368 e. The Kier molecular flexibility index (Phi) is 5.40. The fourth-order valence-electron chi connectivity index (χ4n) is 4.57. The van der Waals surface area contributed by atoms with Gasteiger partial charge in [0.2, 0.25) is 0 Å². The number of rotatable bonds is 4. The lowest BCUT2D eigenvalue weighted by Gasteiger charge is -2.40. The van der Waals surface area contributed by atoms with Crippen LogP contribution in [0.5, 0.6) is 0 Å². The van der Waals surface area contributed by atoms with Crippen molar-refractivity contribution in [1.82, 2.24) is 29.3 Å². The van der Waals surface area contributed by atoms with Gasteiger partial charge in [-0.1, -0.05) is 21.6 Å². The van der Waals surface area contributed by atoms with Crippen LogP contribution in [0.3, 0.4) is 0 Å². The number of carbonyl (C=O) groups is 1. The molecule has 2 aromatic heterocycles. The van der Waals surface area contributed by atoms with Gasteiger partial charge in [-0.2, -0.15) is 5.10 Å². The van der Waals surface area contributed by atoms with E-state index >= 15 is 0 Å². The van der Waals surface area contributed by atoms with Crippen molar-refractivity contribution in [2.24, 2.45) is 0 Å². The van der Waals surface area contributed by atoms with Gasteiger partial charge in [0.15, 0.2) is 0 Å². The van der Waals surface area contributed by atoms with Crippen LogP contribution in [0.4, 0.5) is 0 Å². The standard InChI is InChI=1S/C23H29N6OP/c1-4-7-26-8-10-27(11-9-26)18-5-6-23-28(15-18)22(30)13-21(31-23)19-12-20-17(3)24-16(2)14-29(20)25-19/h5-6,12-15,23,31H,4,7-11H2,1-3H3. The summed E-state index contributed by atoms with van der Waals surface area (Å²) in [5, 5.41) is 5.75. The first-order valence-corrected chi connectivity index (χ1v) is 12.1. The van der Waals surface area contributed by atoms with Crippen LogP contribution >= 0.6 is 8.58 Å². The van der Waals surface area contributed by atoms with Gasteiger partial charge in [0.25, 0.3) is 5.91 Å². The average Bonchev–Trinajstić information content (AvgIpc) is 3.19. The number of hydrogen-bond acceptors (Lipinski definition) is 5. The number of fused-ring (bicyclic) bond motifs is 2. The van der Waals surface area contributed by atoms with E-state index in [4.69, 9.17) is 5.10 Å². The third-order valence-electron chi connectivity index (χ3n) is 6.16. The molecule has 0 saturated carbocycles. The molecule has 0 spiro atoms. The van der Waals surface area contributed by atoms with E-state index in [0.717, 1.165) is 59.8 Å². The summed E-state index contributed by atoms with van der Waals surface area (Å²) >= 11 is 0. The van der Waals surface area contributed by atoms with Crippen LogP contribution in [0.15, 0.2) is 42.4 Å². The first-order valence-electron chi connectivity index (χ1n) is 11.0. The van der Waals surface area contributed by atoms with Crippen LogP contribution in [0.1, 0.15) is 30.4 Å². The minimum absolute atomic E-state index is 0.0355. The molecule has 8 heteroatoms. The molecular weight excluding hydrogens is 407 g/mol. The second kappa shape index (κ2) is 8.21. The summed E-state index contributed by atoms with van der Waals surface area (Å²) in [6, 6.07) is 2.05. The number of piperazine rings is 1. The number of aryl methyl sites for hydroxylation is 2. The topological polar surface area (TPSA) is 57.0 Å². The van der Waals surface area contributed by atoms with E-state index in [9.17, 15) is 4.79 Å². The summed E-state index contributed by atoms with van der Waals surface area (Å²) in [6.45, 7) is 11.6. The van der Waals surface area contributed by atoms with Crippen LogP contribution in [0.2, 0.25) is 0 Å². The number of nitrogens with zero attached hydrogens (tertiary/aromatic N) is 6. The maximum absolute atomic E-state index is 13.0. The van der Waals surface area contributed by atoms with Crippen molar-refractivity contribution >= 4 is 25.3 Å². The smallest absolute Gasteiger partial charge is 0.252 e. The van der Waals surface area contributed by atoms with Gasteiger partial charge in [-0.25, -0.2) is 4.52 Å². The van der Waals surface area contributed by atoms with Gasteiger partial charge in [-0.3, -0.25) is 14.7 Å². The van der Waals surface area contributed by atoms with E-state index in [1.165, 1.54) is 13.0 Å². The summed E-state index contributed by atoms with van der Waals surface area (Å²) < 4.78 is 1.88. The minimum atomic E-state index is 0.0355. The van der Waals surface area contributed by atoms with Gasteiger partial charge >= 0.3 is 0 Å². The molecule has 0 aliphatic carbocycles. The van der Waals surface area contributed by atoms with Gasteiger partial charge in [0, 0.05) is 43.8 Å². The maximum Gasteiger partial charge on any atom is 0.252 e. The number of aromatic nitrogens is 3. The van der Waals surface area contributed by atoms with Crippen LogP contribution in [0.25, 0.3) is 10.8 Å². The van der Waals surface area contributed by atoms with Gasteiger partial charge in [-0.05, 0) is 39.0 Å². The van der Waals surface area contributed by atoms with E-state index in [0.29, 0.717) is 8.58 Å². The highest BCUT2D eigenvalue weighted by atomic mass is 31.1. The second-order valence-electron chi connectivity index (χ2n) is 8.46. The third-order valence-corrected chi connectivity index (χ3v) is 7.64. The van der Waals surface area contributed by atoms with E-state index in [1.807, 2.05) is 41.7 Å². The van der Waals surface area contributed by atoms with E-state index in [2.05, 4.69) is 33.9 Å². The molecule has 3 aliphatic rings. The molecule has 2 atom stereocenters. The van der Waals surface area contributed by atoms with Gasteiger partial charge in [-0.15, -0.1) is 0 Å². The summed E-state index contributed by atoms with van der Waals surface area (Å²) in [5.41, 5.74) is 4.90. The zero-order valence-corrected chi connectivity index (χ0v) is 19.4. The normalized spacial score (nSPS) is 22.8. The molecule has 162 valence electrons. The van der Waals surface area contributed by atoms with Crippen molar-refractivity contribution < 1.29 is 4.79 Å². The van der Waals surface area contributed by atoms with E-state index < -0.39 is 0 Å². The maximum atomic E-state index is 13.0. The highest BCUT2D eigenvalue weighted by molar-refractivity contribution is 7.51. The molecular formula is C23H29N6OP. The Morgan fingerprint density at radius 3 is 2.77 bits per heavy atom. The highest BCUT2D eigenvalue weighted by Gasteiger charge is 2.31. The number of carbonyl (C=O) groups excluding carboxylic acids is 1. The number of hydrogen-bond donors (Lipinski definition) is 0. The van der Waals surface area contributed by atoms with Crippen molar-refractivity contribution in [3.05, 3.63) is 59.5 Å². The SMILES string of the molecule is CCCN1CCN(C2=CN3C(=O)C=C(c4cc5c(C)nc(C)cn5n4)PC3C=C2)CC1.